The van der Waals surface area contributed by atoms with Crippen LogP contribution in [0, 0.1) is 0 Å². The average molecular weight is 344 g/mol. The summed E-state index contributed by atoms with van der Waals surface area (Å²) in [5, 5.41) is 11.5. The number of nitrogens with zero attached hydrogens (tertiary/aromatic N) is 4. The van der Waals surface area contributed by atoms with E-state index in [0.29, 0.717) is 17.3 Å². The molecule has 0 aliphatic carbocycles. The smallest absolute Gasteiger partial charge is 0.276 e. The Bertz CT molecular complexity index is 947. The third kappa shape index (κ3) is 3.69. The average Bonchev–Trinajstić information content (AvgIpc) is 2.97. The highest BCUT2D eigenvalue weighted by molar-refractivity contribution is 6.30. The summed E-state index contributed by atoms with van der Waals surface area (Å²) in [7, 11) is 1.49. The van der Waals surface area contributed by atoms with E-state index in [-0.39, 0.29) is 11.3 Å². The fourth-order valence-corrected chi connectivity index (χ4v) is 2.37. The highest BCUT2D eigenvalue weighted by Gasteiger charge is 2.10. The first-order chi connectivity index (χ1) is 11.5. The van der Waals surface area contributed by atoms with Crippen LogP contribution in [0.3, 0.4) is 0 Å². The molecule has 0 spiro atoms. The normalized spacial score (nSPS) is 10.6. The summed E-state index contributed by atoms with van der Waals surface area (Å²) in [4.78, 5) is 23.4. The van der Waals surface area contributed by atoms with Gasteiger partial charge in [-0.05, 0) is 23.8 Å². The molecule has 1 N–H and O–H groups in total. The summed E-state index contributed by atoms with van der Waals surface area (Å²) in [6, 6.07) is 10.2. The molecular weight excluding hydrogens is 330 g/mol. The summed E-state index contributed by atoms with van der Waals surface area (Å²) in [6.07, 6.45) is 3.26. The van der Waals surface area contributed by atoms with Crippen LogP contribution in [0.1, 0.15) is 16.1 Å². The van der Waals surface area contributed by atoms with Gasteiger partial charge in [-0.2, -0.15) is 10.2 Å². The molecule has 3 aromatic rings. The molecule has 0 atom stereocenters. The molecule has 1 aromatic carbocycles. The van der Waals surface area contributed by atoms with Gasteiger partial charge in [0.1, 0.15) is 5.69 Å². The molecule has 3 rings (SSSR count). The van der Waals surface area contributed by atoms with E-state index in [1.807, 2.05) is 18.2 Å². The molecule has 0 fully saturated rings. The lowest BCUT2D eigenvalue weighted by Crippen LogP contribution is -2.23. The summed E-state index contributed by atoms with van der Waals surface area (Å²) in [6.45, 7) is 0.536. The summed E-state index contributed by atoms with van der Waals surface area (Å²) in [5.74, 6) is -0.409. The Labute approximate surface area is 142 Å². The number of aromatic nitrogens is 4. The van der Waals surface area contributed by atoms with E-state index >= 15 is 0 Å². The zero-order valence-corrected chi connectivity index (χ0v) is 13.6. The van der Waals surface area contributed by atoms with Crippen molar-refractivity contribution >= 4 is 23.2 Å². The largest absolute Gasteiger partial charge is 0.318 e. The van der Waals surface area contributed by atoms with E-state index in [4.69, 9.17) is 11.6 Å². The lowest BCUT2D eigenvalue weighted by Gasteiger charge is -2.03. The van der Waals surface area contributed by atoms with Gasteiger partial charge in [0.25, 0.3) is 11.5 Å². The van der Waals surface area contributed by atoms with Gasteiger partial charge in [-0.15, -0.1) is 0 Å². The highest BCUT2D eigenvalue weighted by Crippen LogP contribution is 2.13. The molecule has 2 heterocycles. The Morgan fingerprint density at radius 3 is 2.88 bits per heavy atom. The summed E-state index contributed by atoms with van der Waals surface area (Å²) >= 11 is 5.96. The number of hydrogen-bond acceptors (Lipinski definition) is 4. The van der Waals surface area contributed by atoms with Gasteiger partial charge in [0.15, 0.2) is 0 Å². The molecule has 8 heteroatoms. The quantitative estimate of drug-likeness (QED) is 0.784. The van der Waals surface area contributed by atoms with E-state index < -0.39 is 5.91 Å². The number of halogens is 1. The van der Waals surface area contributed by atoms with Crippen molar-refractivity contribution in [2.75, 3.05) is 5.32 Å². The Morgan fingerprint density at radius 1 is 1.29 bits per heavy atom. The molecule has 122 valence electrons. The Kier molecular flexibility index (Phi) is 4.43. The van der Waals surface area contributed by atoms with Gasteiger partial charge < -0.3 is 5.32 Å². The number of aryl methyl sites for hydroxylation is 1. The number of hydrogen-bond donors (Lipinski definition) is 1. The van der Waals surface area contributed by atoms with Crippen LogP contribution in [-0.4, -0.2) is 25.5 Å². The van der Waals surface area contributed by atoms with E-state index in [9.17, 15) is 9.59 Å². The standard InChI is InChI=1S/C16H14ClN5O2/c1-21-15(23)6-5-14(20-21)16(24)19-13-8-18-22(10-13)9-11-3-2-4-12(17)7-11/h2-8,10H,9H2,1H3,(H,19,24). The van der Waals surface area contributed by atoms with Crippen LogP contribution < -0.4 is 10.9 Å². The first-order valence-electron chi connectivity index (χ1n) is 7.14. The summed E-state index contributed by atoms with van der Waals surface area (Å²) in [5.41, 5.74) is 1.42. The molecule has 24 heavy (non-hydrogen) atoms. The second kappa shape index (κ2) is 6.67. The maximum Gasteiger partial charge on any atom is 0.276 e. The fourth-order valence-electron chi connectivity index (χ4n) is 2.16. The van der Waals surface area contributed by atoms with E-state index in [1.54, 1.807) is 23.1 Å². The highest BCUT2D eigenvalue weighted by atomic mass is 35.5. The maximum atomic E-state index is 12.1. The van der Waals surface area contributed by atoms with Gasteiger partial charge >= 0.3 is 0 Å². The van der Waals surface area contributed by atoms with Gasteiger partial charge in [0.05, 0.1) is 18.4 Å². The van der Waals surface area contributed by atoms with Crippen molar-refractivity contribution in [1.29, 1.82) is 0 Å². The van der Waals surface area contributed by atoms with Crippen LogP contribution in [0.2, 0.25) is 5.02 Å². The van der Waals surface area contributed by atoms with Crippen LogP contribution in [0.5, 0.6) is 0 Å². The predicted octanol–water partition coefficient (Wildman–Crippen LogP) is 1.93. The maximum absolute atomic E-state index is 12.1. The second-order valence-electron chi connectivity index (χ2n) is 5.19. The second-order valence-corrected chi connectivity index (χ2v) is 5.63. The molecule has 0 aliphatic heterocycles. The minimum Gasteiger partial charge on any atom is -0.318 e. The van der Waals surface area contributed by atoms with Crippen LogP contribution in [-0.2, 0) is 13.6 Å². The minimum absolute atomic E-state index is 0.152. The molecule has 0 saturated carbocycles. The number of anilines is 1. The topological polar surface area (TPSA) is 81.8 Å². The number of carbonyl (C=O) groups excluding carboxylic acids is 1. The molecule has 0 saturated heterocycles. The number of rotatable bonds is 4. The van der Waals surface area contributed by atoms with E-state index in [0.717, 1.165) is 10.2 Å². The zero-order chi connectivity index (χ0) is 17.1. The van der Waals surface area contributed by atoms with Crippen molar-refractivity contribution in [3.05, 3.63) is 75.4 Å². The molecule has 2 aromatic heterocycles. The van der Waals surface area contributed by atoms with Crippen molar-refractivity contribution in [1.82, 2.24) is 19.6 Å². The molecule has 7 nitrogen and oxygen atoms in total. The number of nitrogens with one attached hydrogen (secondary N) is 1. The number of carbonyl (C=O) groups is 1. The van der Waals surface area contributed by atoms with E-state index in [2.05, 4.69) is 15.5 Å². The predicted molar refractivity (Wildman–Crippen MR) is 90.2 cm³/mol. The fraction of sp³-hybridized carbons (Fsp3) is 0.125. The van der Waals surface area contributed by atoms with Gasteiger partial charge in [-0.25, -0.2) is 4.68 Å². The van der Waals surface area contributed by atoms with Crippen molar-refractivity contribution in [3.8, 4) is 0 Å². The van der Waals surface area contributed by atoms with Crippen molar-refractivity contribution in [2.45, 2.75) is 6.54 Å². The SMILES string of the molecule is Cn1nc(C(=O)Nc2cnn(Cc3cccc(Cl)c3)c2)ccc1=O. The first kappa shape index (κ1) is 15.9. The summed E-state index contributed by atoms with van der Waals surface area (Å²) < 4.78 is 2.80. The van der Waals surface area contributed by atoms with Gasteiger partial charge in [0, 0.05) is 24.3 Å². The van der Waals surface area contributed by atoms with Gasteiger partial charge in [0.2, 0.25) is 0 Å². The van der Waals surface area contributed by atoms with Crippen LogP contribution in [0.4, 0.5) is 5.69 Å². The lowest BCUT2D eigenvalue weighted by molar-refractivity contribution is 0.102. The molecule has 0 bridgehead atoms. The van der Waals surface area contributed by atoms with Gasteiger partial charge in [-0.3, -0.25) is 14.3 Å². The Balaban J connectivity index is 1.70. The molecule has 1 amide bonds. The van der Waals surface area contributed by atoms with Gasteiger partial charge in [-0.1, -0.05) is 23.7 Å². The zero-order valence-electron chi connectivity index (χ0n) is 12.8. The van der Waals surface area contributed by atoms with Crippen molar-refractivity contribution < 1.29 is 4.79 Å². The Morgan fingerprint density at radius 2 is 2.12 bits per heavy atom. The third-order valence-corrected chi connectivity index (χ3v) is 3.55. The minimum atomic E-state index is -0.409. The lowest BCUT2D eigenvalue weighted by atomic mass is 10.2. The monoisotopic (exact) mass is 343 g/mol. The molecule has 0 aliphatic rings. The van der Waals surface area contributed by atoms with Crippen LogP contribution in [0.25, 0.3) is 0 Å². The third-order valence-electron chi connectivity index (χ3n) is 3.32. The molecular formula is C16H14ClN5O2. The van der Waals surface area contributed by atoms with Crippen LogP contribution >= 0.6 is 11.6 Å². The van der Waals surface area contributed by atoms with E-state index in [1.165, 1.54) is 19.2 Å². The first-order valence-corrected chi connectivity index (χ1v) is 7.52. The number of benzene rings is 1. The van der Waals surface area contributed by atoms with Crippen molar-refractivity contribution in [2.24, 2.45) is 7.05 Å². The molecule has 0 radical (unpaired) electrons. The van der Waals surface area contributed by atoms with Crippen LogP contribution in [0.15, 0.2) is 53.6 Å². The Hall–Kier alpha value is -2.93. The van der Waals surface area contributed by atoms with Crippen molar-refractivity contribution in [3.63, 3.8) is 0 Å². The molecule has 0 unspecified atom stereocenters. The number of amides is 1.